The van der Waals surface area contributed by atoms with E-state index in [4.69, 9.17) is 5.73 Å². The van der Waals surface area contributed by atoms with Gasteiger partial charge >= 0.3 is 0 Å². The minimum absolute atomic E-state index is 0.210. The third-order valence-electron chi connectivity index (χ3n) is 4.44. The van der Waals surface area contributed by atoms with Crippen LogP contribution in [0.2, 0.25) is 0 Å². The van der Waals surface area contributed by atoms with Crippen molar-refractivity contribution in [3.63, 3.8) is 0 Å². The summed E-state index contributed by atoms with van der Waals surface area (Å²) in [4.78, 5) is 14.6. The van der Waals surface area contributed by atoms with Gasteiger partial charge in [-0.25, -0.2) is 0 Å². The number of carbonyl (C=O) groups excluding carboxylic acids is 1. The quantitative estimate of drug-likeness (QED) is 0.897. The van der Waals surface area contributed by atoms with Crippen LogP contribution in [0.15, 0.2) is 30.3 Å². The van der Waals surface area contributed by atoms with Gasteiger partial charge < -0.3 is 10.6 Å². The van der Waals surface area contributed by atoms with E-state index in [0.29, 0.717) is 11.8 Å². The zero-order chi connectivity index (χ0) is 14.4. The number of nitrogens with zero attached hydrogens (tertiary/aromatic N) is 1. The Kier molecular flexibility index (Phi) is 5.60. The fourth-order valence-electron chi connectivity index (χ4n) is 3.05. The van der Waals surface area contributed by atoms with Gasteiger partial charge in [-0.1, -0.05) is 30.3 Å². The molecule has 0 bridgehead atoms. The van der Waals surface area contributed by atoms with Gasteiger partial charge in [0.05, 0.1) is 0 Å². The molecule has 1 saturated carbocycles. The van der Waals surface area contributed by atoms with Crippen LogP contribution in [0, 0.1) is 11.8 Å². The van der Waals surface area contributed by atoms with Crippen LogP contribution in [0.25, 0.3) is 0 Å². The van der Waals surface area contributed by atoms with Crippen LogP contribution in [0.3, 0.4) is 0 Å². The fraction of sp³-hybridized carbons (Fsp3) is 0.588. The minimum Gasteiger partial charge on any atom is -0.338 e. The molecule has 0 spiro atoms. The Morgan fingerprint density at radius 3 is 2.40 bits per heavy atom. The van der Waals surface area contributed by atoms with Crippen molar-refractivity contribution in [1.29, 1.82) is 0 Å². The number of carbonyl (C=O) groups is 1. The molecule has 1 aromatic carbocycles. The lowest BCUT2D eigenvalue weighted by Crippen LogP contribution is -2.37. The van der Waals surface area contributed by atoms with Gasteiger partial charge in [0.15, 0.2) is 0 Å². The normalized spacial score (nSPS) is 22.5. The van der Waals surface area contributed by atoms with Gasteiger partial charge in [0.1, 0.15) is 0 Å². The maximum Gasteiger partial charge on any atom is 0.225 e. The monoisotopic (exact) mass is 274 g/mol. The number of amides is 1. The van der Waals surface area contributed by atoms with Crippen molar-refractivity contribution in [1.82, 2.24) is 4.90 Å². The molecular weight excluding hydrogens is 248 g/mol. The van der Waals surface area contributed by atoms with Crippen LogP contribution in [-0.4, -0.2) is 23.9 Å². The second-order valence-electron chi connectivity index (χ2n) is 5.79. The van der Waals surface area contributed by atoms with E-state index in [9.17, 15) is 4.79 Å². The largest absolute Gasteiger partial charge is 0.338 e. The predicted molar refractivity (Wildman–Crippen MR) is 82.0 cm³/mol. The van der Waals surface area contributed by atoms with Crippen LogP contribution in [0.5, 0.6) is 0 Å². The third-order valence-corrected chi connectivity index (χ3v) is 4.44. The molecule has 1 aliphatic rings. The lowest BCUT2D eigenvalue weighted by molar-refractivity contribution is -0.137. The predicted octanol–water partition coefficient (Wildman–Crippen LogP) is 2.80. The van der Waals surface area contributed by atoms with Gasteiger partial charge in [0.25, 0.3) is 0 Å². The highest BCUT2D eigenvalue weighted by Gasteiger charge is 2.28. The van der Waals surface area contributed by atoms with Crippen LogP contribution in [0.4, 0.5) is 0 Å². The van der Waals surface area contributed by atoms with Gasteiger partial charge in [-0.2, -0.15) is 0 Å². The third kappa shape index (κ3) is 3.83. The van der Waals surface area contributed by atoms with Gasteiger partial charge in [-0.15, -0.1) is 0 Å². The molecule has 1 aromatic rings. The van der Waals surface area contributed by atoms with E-state index in [1.807, 2.05) is 23.1 Å². The molecule has 1 fully saturated rings. The summed E-state index contributed by atoms with van der Waals surface area (Å²) < 4.78 is 0. The molecule has 0 saturated heterocycles. The smallest absolute Gasteiger partial charge is 0.225 e. The number of hydrogen-bond donors (Lipinski definition) is 1. The molecule has 110 valence electrons. The van der Waals surface area contributed by atoms with Crippen molar-refractivity contribution in [3.05, 3.63) is 35.9 Å². The summed E-state index contributed by atoms with van der Waals surface area (Å²) in [6.07, 6.45) is 4.23. The van der Waals surface area contributed by atoms with Gasteiger partial charge in [-0.3, -0.25) is 4.79 Å². The van der Waals surface area contributed by atoms with Crippen molar-refractivity contribution in [3.8, 4) is 0 Å². The van der Waals surface area contributed by atoms with Crippen molar-refractivity contribution >= 4 is 5.91 Å². The summed E-state index contributed by atoms with van der Waals surface area (Å²) in [5.41, 5.74) is 6.92. The zero-order valence-electron chi connectivity index (χ0n) is 12.4. The second kappa shape index (κ2) is 7.44. The van der Waals surface area contributed by atoms with Crippen LogP contribution < -0.4 is 5.73 Å². The molecule has 0 heterocycles. The van der Waals surface area contributed by atoms with E-state index >= 15 is 0 Å². The van der Waals surface area contributed by atoms with E-state index in [1.165, 1.54) is 5.56 Å². The van der Waals surface area contributed by atoms with Crippen LogP contribution in [-0.2, 0) is 11.3 Å². The van der Waals surface area contributed by atoms with Crippen molar-refractivity contribution < 1.29 is 4.79 Å². The minimum atomic E-state index is 0.210. The molecule has 0 atom stereocenters. The molecule has 2 N–H and O–H groups in total. The Balaban J connectivity index is 1.92. The molecule has 1 aliphatic carbocycles. The van der Waals surface area contributed by atoms with Crippen molar-refractivity contribution in [2.45, 2.75) is 39.2 Å². The van der Waals surface area contributed by atoms with E-state index in [-0.39, 0.29) is 5.92 Å². The maximum absolute atomic E-state index is 12.6. The zero-order valence-corrected chi connectivity index (χ0v) is 12.4. The summed E-state index contributed by atoms with van der Waals surface area (Å²) in [5, 5.41) is 0. The first-order valence-electron chi connectivity index (χ1n) is 7.77. The molecule has 3 nitrogen and oxygen atoms in total. The fourth-order valence-corrected chi connectivity index (χ4v) is 3.05. The first kappa shape index (κ1) is 15.0. The van der Waals surface area contributed by atoms with E-state index < -0.39 is 0 Å². The van der Waals surface area contributed by atoms with Gasteiger partial charge in [0.2, 0.25) is 5.91 Å². The average molecular weight is 274 g/mol. The number of benzene rings is 1. The maximum atomic E-state index is 12.6. The highest BCUT2D eigenvalue weighted by molar-refractivity contribution is 5.78. The summed E-state index contributed by atoms with van der Waals surface area (Å²) in [6.45, 7) is 4.34. The molecule has 0 unspecified atom stereocenters. The Hall–Kier alpha value is -1.35. The lowest BCUT2D eigenvalue weighted by atomic mass is 9.81. The summed E-state index contributed by atoms with van der Waals surface area (Å²) >= 11 is 0. The highest BCUT2D eigenvalue weighted by Crippen LogP contribution is 2.29. The van der Waals surface area contributed by atoms with Gasteiger partial charge in [0, 0.05) is 19.0 Å². The topological polar surface area (TPSA) is 46.3 Å². The molecule has 3 heteroatoms. The second-order valence-corrected chi connectivity index (χ2v) is 5.79. The number of hydrogen-bond acceptors (Lipinski definition) is 2. The SMILES string of the molecule is CCN(Cc1ccccc1)C(=O)C1CCC(CN)CC1. The molecular formula is C17H26N2O. The van der Waals surface area contributed by atoms with Crippen molar-refractivity contribution in [2.75, 3.05) is 13.1 Å². The van der Waals surface area contributed by atoms with E-state index in [1.54, 1.807) is 0 Å². The molecule has 0 aliphatic heterocycles. The Bertz CT molecular complexity index is 410. The molecule has 0 aromatic heterocycles. The molecule has 0 radical (unpaired) electrons. The molecule has 1 amide bonds. The Labute approximate surface area is 122 Å². The highest BCUT2D eigenvalue weighted by atomic mass is 16.2. The molecule has 20 heavy (non-hydrogen) atoms. The first-order valence-corrected chi connectivity index (χ1v) is 7.77. The average Bonchev–Trinajstić information content (AvgIpc) is 2.53. The van der Waals surface area contributed by atoms with Gasteiger partial charge in [-0.05, 0) is 50.6 Å². The Morgan fingerprint density at radius 1 is 1.20 bits per heavy atom. The lowest BCUT2D eigenvalue weighted by Gasteiger charge is -2.31. The summed E-state index contributed by atoms with van der Waals surface area (Å²) in [5.74, 6) is 1.16. The van der Waals surface area contributed by atoms with Crippen molar-refractivity contribution in [2.24, 2.45) is 17.6 Å². The number of rotatable bonds is 5. The Morgan fingerprint density at radius 2 is 1.85 bits per heavy atom. The first-order chi connectivity index (χ1) is 9.74. The summed E-state index contributed by atoms with van der Waals surface area (Å²) in [6, 6.07) is 10.2. The van der Waals surface area contributed by atoms with E-state index in [0.717, 1.165) is 45.3 Å². The molecule has 2 rings (SSSR count). The van der Waals surface area contributed by atoms with E-state index in [2.05, 4.69) is 19.1 Å². The van der Waals surface area contributed by atoms with Crippen LogP contribution >= 0.6 is 0 Å². The standard InChI is InChI=1S/C17H26N2O/c1-2-19(13-15-6-4-3-5-7-15)17(20)16-10-8-14(12-18)9-11-16/h3-7,14,16H,2,8-13,18H2,1H3. The summed E-state index contributed by atoms with van der Waals surface area (Å²) in [7, 11) is 0. The van der Waals surface area contributed by atoms with Crippen LogP contribution in [0.1, 0.15) is 38.2 Å². The number of nitrogens with two attached hydrogens (primary N) is 1.